The van der Waals surface area contributed by atoms with Crippen molar-refractivity contribution >= 4 is 11.7 Å². The van der Waals surface area contributed by atoms with Crippen molar-refractivity contribution in [2.75, 3.05) is 32.6 Å². The van der Waals surface area contributed by atoms with Crippen molar-refractivity contribution in [1.29, 1.82) is 0 Å². The number of benzene rings is 1. The van der Waals surface area contributed by atoms with Crippen LogP contribution in [-0.2, 0) is 0 Å². The lowest BCUT2D eigenvalue weighted by Gasteiger charge is -2.18. The van der Waals surface area contributed by atoms with Gasteiger partial charge in [-0.15, -0.1) is 0 Å². The van der Waals surface area contributed by atoms with Crippen LogP contribution < -0.4 is 14.8 Å². The minimum Gasteiger partial charge on any atom is -0.497 e. The van der Waals surface area contributed by atoms with Crippen LogP contribution in [0.5, 0.6) is 11.5 Å². The fourth-order valence-electron chi connectivity index (χ4n) is 1.73. The zero-order valence-electron chi connectivity index (χ0n) is 12.7. The summed E-state index contributed by atoms with van der Waals surface area (Å²) in [4.78, 5) is 17.5. The number of aromatic nitrogens is 1. The van der Waals surface area contributed by atoms with Crippen LogP contribution in [0.2, 0.25) is 0 Å². The summed E-state index contributed by atoms with van der Waals surface area (Å²) >= 11 is 0. The first-order chi connectivity index (χ1) is 10.7. The minimum atomic E-state index is -0.202. The molecule has 0 radical (unpaired) electrons. The predicted molar refractivity (Wildman–Crippen MR) is 84.4 cm³/mol. The quantitative estimate of drug-likeness (QED) is 0.891. The van der Waals surface area contributed by atoms with Crippen LogP contribution in [-0.4, -0.2) is 43.2 Å². The molecule has 6 nitrogen and oxygen atoms in total. The number of carbonyl (C=O) groups is 1. The van der Waals surface area contributed by atoms with E-state index in [2.05, 4.69) is 10.3 Å². The molecule has 1 N–H and O–H groups in total. The number of carbonyl (C=O) groups excluding carboxylic acids is 1. The Labute approximate surface area is 129 Å². The predicted octanol–water partition coefficient (Wildman–Crippen LogP) is 2.63. The Morgan fingerprint density at radius 3 is 2.59 bits per heavy atom. The Balaban J connectivity index is 1.74. The van der Waals surface area contributed by atoms with Gasteiger partial charge in [0.25, 0.3) is 0 Å². The number of methoxy groups -OCH3 is 1. The SMILES string of the molecule is COc1ccc(OCCN(C)C(=O)Nc2cccnc2)cc1. The van der Waals surface area contributed by atoms with Crippen LogP contribution in [0.1, 0.15) is 0 Å². The summed E-state index contributed by atoms with van der Waals surface area (Å²) in [5.74, 6) is 1.52. The van der Waals surface area contributed by atoms with Crippen LogP contribution in [0.25, 0.3) is 0 Å². The molecule has 0 aliphatic heterocycles. The highest BCUT2D eigenvalue weighted by Crippen LogP contribution is 2.16. The van der Waals surface area contributed by atoms with Crippen molar-refractivity contribution in [1.82, 2.24) is 9.88 Å². The number of nitrogens with zero attached hydrogens (tertiary/aromatic N) is 2. The first-order valence-electron chi connectivity index (χ1n) is 6.88. The molecular weight excluding hydrogens is 282 g/mol. The molecule has 0 fully saturated rings. The Hall–Kier alpha value is -2.76. The second-order valence-corrected chi connectivity index (χ2v) is 4.62. The molecule has 2 amide bonds. The Morgan fingerprint density at radius 2 is 1.95 bits per heavy atom. The fraction of sp³-hybridized carbons (Fsp3) is 0.250. The van der Waals surface area contributed by atoms with Crippen LogP contribution in [0.4, 0.5) is 10.5 Å². The van der Waals surface area contributed by atoms with Gasteiger partial charge in [-0.25, -0.2) is 4.79 Å². The second-order valence-electron chi connectivity index (χ2n) is 4.62. The Bertz CT molecular complexity index is 587. The van der Waals surface area contributed by atoms with E-state index in [1.54, 1.807) is 43.6 Å². The summed E-state index contributed by atoms with van der Waals surface area (Å²) < 4.78 is 10.7. The number of nitrogens with one attached hydrogen (secondary N) is 1. The van der Waals surface area contributed by atoms with Crippen molar-refractivity contribution in [2.24, 2.45) is 0 Å². The number of urea groups is 1. The molecule has 0 aliphatic carbocycles. The number of anilines is 1. The van der Waals surface area contributed by atoms with Gasteiger partial charge in [-0.3, -0.25) is 4.98 Å². The standard InChI is InChI=1S/C16H19N3O3/c1-19(16(20)18-13-4-3-9-17-12-13)10-11-22-15-7-5-14(21-2)6-8-15/h3-9,12H,10-11H2,1-2H3,(H,18,20). The van der Waals surface area contributed by atoms with Gasteiger partial charge < -0.3 is 19.7 Å². The lowest BCUT2D eigenvalue weighted by atomic mass is 10.3. The molecule has 0 unspecified atom stereocenters. The summed E-state index contributed by atoms with van der Waals surface area (Å²) in [5.41, 5.74) is 0.662. The summed E-state index contributed by atoms with van der Waals surface area (Å²) in [7, 11) is 3.33. The van der Waals surface area contributed by atoms with E-state index >= 15 is 0 Å². The fourth-order valence-corrected chi connectivity index (χ4v) is 1.73. The maximum absolute atomic E-state index is 12.0. The summed E-state index contributed by atoms with van der Waals surface area (Å²) in [6.45, 7) is 0.876. The lowest BCUT2D eigenvalue weighted by molar-refractivity contribution is 0.207. The van der Waals surface area contributed by atoms with E-state index in [-0.39, 0.29) is 6.03 Å². The molecule has 116 valence electrons. The topological polar surface area (TPSA) is 63.7 Å². The van der Waals surface area contributed by atoms with Gasteiger partial charge in [0.05, 0.1) is 25.5 Å². The first-order valence-corrected chi connectivity index (χ1v) is 6.88. The van der Waals surface area contributed by atoms with Crippen LogP contribution in [0.15, 0.2) is 48.8 Å². The van der Waals surface area contributed by atoms with E-state index in [0.717, 1.165) is 11.5 Å². The molecule has 0 saturated heterocycles. The van der Waals surface area contributed by atoms with Gasteiger partial charge in [0.1, 0.15) is 18.1 Å². The van der Waals surface area contributed by atoms with Gasteiger partial charge >= 0.3 is 6.03 Å². The van der Waals surface area contributed by atoms with E-state index in [9.17, 15) is 4.79 Å². The molecule has 0 spiro atoms. The lowest BCUT2D eigenvalue weighted by Crippen LogP contribution is -2.34. The number of hydrogen-bond donors (Lipinski definition) is 1. The van der Waals surface area contributed by atoms with Crippen LogP contribution in [0.3, 0.4) is 0 Å². The zero-order valence-corrected chi connectivity index (χ0v) is 12.7. The third kappa shape index (κ3) is 4.66. The molecule has 6 heteroatoms. The molecule has 2 rings (SSSR count). The maximum Gasteiger partial charge on any atom is 0.321 e. The molecule has 0 aliphatic rings. The number of ether oxygens (including phenoxy) is 2. The second kappa shape index (κ2) is 7.87. The molecular formula is C16H19N3O3. The van der Waals surface area contributed by atoms with E-state index < -0.39 is 0 Å². The monoisotopic (exact) mass is 301 g/mol. The van der Waals surface area contributed by atoms with Crippen LogP contribution in [0, 0.1) is 0 Å². The van der Waals surface area contributed by atoms with Crippen molar-refractivity contribution < 1.29 is 14.3 Å². The van der Waals surface area contributed by atoms with E-state index in [0.29, 0.717) is 18.8 Å². The van der Waals surface area contributed by atoms with E-state index in [1.807, 2.05) is 24.3 Å². The third-order valence-corrected chi connectivity index (χ3v) is 3.01. The Kier molecular flexibility index (Phi) is 5.59. The summed E-state index contributed by atoms with van der Waals surface area (Å²) in [6, 6.07) is 10.7. The molecule has 1 aromatic heterocycles. The molecule has 22 heavy (non-hydrogen) atoms. The maximum atomic E-state index is 12.0. The highest BCUT2D eigenvalue weighted by Gasteiger charge is 2.08. The molecule has 0 saturated carbocycles. The third-order valence-electron chi connectivity index (χ3n) is 3.01. The number of hydrogen-bond acceptors (Lipinski definition) is 4. The van der Waals surface area contributed by atoms with Gasteiger partial charge in [0.15, 0.2) is 0 Å². The molecule has 0 atom stereocenters. The average molecular weight is 301 g/mol. The largest absolute Gasteiger partial charge is 0.497 e. The summed E-state index contributed by atoms with van der Waals surface area (Å²) in [5, 5.41) is 2.76. The molecule has 1 heterocycles. The Morgan fingerprint density at radius 1 is 1.23 bits per heavy atom. The summed E-state index contributed by atoms with van der Waals surface area (Å²) in [6.07, 6.45) is 3.25. The van der Waals surface area contributed by atoms with Crippen molar-refractivity contribution in [3.63, 3.8) is 0 Å². The molecule has 2 aromatic rings. The van der Waals surface area contributed by atoms with Crippen molar-refractivity contribution in [3.05, 3.63) is 48.8 Å². The smallest absolute Gasteiger partial charge is 0.321 e. The first kappa shape index (κ1) is 15.6. The highest BCUT2D eigenvalue weighted by atomic mass is 16.5. The molecule has 1 aromatic carbocycles. The van der Waals surface area contributed by atoms with Crippen molar-refractivity contribution in [3.8, 4) is 11.5 Å². The normalized spacial score (nSPS) is 9.91. The van der Waals surface area contributed by atoms with Crippen LogP contribution >= 0.6 is 0 Å². The number of rotatable bonds is 6. The highest BCUT2D eigenvalue weighted by molar-refractivity contribution is 5.88. The zero-order chi connectivity index (χ0) is 15.8. The number of pyridine rings is 1. The van der Waals surface area contributed by atoms with Gasteiger partial charge in [-0.2, -0.15) is 0 Å². The average Bonchev–Trinajstić information content (AvgIpc) is 2.56. The van der Waals surface area contributed by atoms with Gasteiger partial charge in [0.2, 0.25) is 0 Å². The van der Waals surface area contributed by atoms with Gasteiger partial charge in [-0.1, -0.05) is 0 Å². The number of likely N-dealkylation sites (N-methyl/N-ethyl adjacent to an activating group) is 1. The van der Waals surface area contributed by atoms with Gasteiger partial charge in [0, 0.05) is 13.2 Å². The van der Waals surface area contributed by atoms with Gasteiger partial charge in [-0.05, 0) is 36.4 Å². The molecule has 0 bridgehead atoms. The minimum absolute atomic E-state index is 0.202. The van der Waals surface area contributed by atoms with E-state index in [1.165, 1.54) is 0 Å². The number of amides is 2. The van der Waals surface area contributed by atoms with E-state index in [4.69, 9.17) is 9.47 Å². The van der Waals surface area contributed by atoms with Crippen molar-refractivity contribution in [2.45, 2.75) is 0 Å².